The van der Waals surface area contributed by atoms with Crippen LogP contribution in [0, 0.1) is 0 Å². The van der Waals surface area contributed by atoms with E-state index in [1.807, 2.05) is 28.9 Å². The zero-order valence-electron chi connectivity index (χ0n) is 11.7. The second-order valence-corrected chi connectivity index (χ2v) is 7.18. The van der Waals surface area contributed by atoms with Crippen LogP contribution in [0.1, 0.15) is 20.8 Å². The summed E-state index contributed by atoms with van der Waals surface area (Å²) in [6, 6.07) is 7.81. The van der Waals surface area contributed by atoms with E-state index in [1.54, 1.807) is 11.8 Å². The Labute approximate surface area is 131 Å². The molecule has 20 heavy (non-hydrogen) atoms. The van der Waals surface area contributed by atoms with Crippen molar-refractivity contribution in [3.05, 3.63) is 28.7 Å². The minimum Gasteiger partial charge on any atom is -0.493 e. The Hall–Kier alpha value is -1.08. The number of ether oxygens (including phenoxy) is 1. The number of halogens is 1. The lowest BCUT2D eigenvalue weighted by Crippen LogP contribution is -2.24. The van der Waals surface area contributed by atoms with Gasteiger partial charge in [0.1, 0.15) is 5.75 Å². The van der Waals surface area contributed by atoms with Crippen LogP contribution in [0.15, 0.2) is 33.9 Å². The molecule has 2 aromatic rings. The van der Waals surface area contributed by atoms with E-state index < -0.39 is 0 Å². The molecule has 0 spiro atoms. The number of aromatic nitrogens is 4. The van der Waals surface area contributed by atoms with Crippen molar-refractivity contribution in [2.24, 2.45) is 0 Å². The average Bonchev–Trinajstić information content (AvgIpc) is 2.83. The molecular weight excluding hydrogens is 340 g/mol. The van der Waals surface area contributed by atoms with Gasteiger partial charge in [0.25, 0.3) is 0 Å². The lowest BCUT2D eigenvalue weighted by atomic mass is 10.1. The van der Waals surface area contributed by atoms with Crippen LogP contribution >= 0.6 is 27.7 Å². The van der Waals surface area contributed by atoms with Crippen molar-refractivity contribution in [3.63, 3.8) is 0 Å². The Morgan fingerprint density at radius 3 is 2.85 bits per heavy atom. The standard InChI is InChI=1S/C13H17BrN4OS/c1-13(2,3)18-12(15-16-17-18)20-8-7-19-11-6-4-5-10(14)9-11/h4-6,9H,7-8H2,1-3H3. The normalized spacial score (nSPS) is 11.6. The summed E-state index contributed by atoms with van der Waals surface area (Å²) >= 11 is 5.01. The lowest BCUT2D eigenvalue weighted by Gasteiger charge is -2.19. The summed E-state index contributed by atoms with van der Waals surface area (Å²) in [6.45, 7) is 6.83. The highest BCUT2D eigenvalue weighted by Crippen LogP contribution is 2.22. The first-order valence-electron chi connectivity index (χ1n) is 6.27. The Morgan fingerprint density at radius 2 is 2.15 bits per heavy atom. The minimum atomic E-state index is -0.114. The van der Waals surface area contributed by atoms with Gasteiger partial charge >= 0.3 is 0 Å². The van der Waals surface area contributed by atoms with E-state index in [4.69, 9.17) is 4.74 Å². The predicted molar refractivity (Wildman–Crippen MR) is 83.2 cm³/mol. The van der Waals surface area contributed by atoms with Crippen molar-refractivity contribution in [1.82, 2.24) is 20.2 Å². The van der Waals surface area contributed by atoms with Crippen molar-refractivity contribution in [2.75, 3.05) is 12.4 Å². The van der Waals surface area contributed by atoms with Crippen molar-refractivity contribution in [3.8, 4) is 5.75 Å². The van der Waals surface area contributed by atoms with Crippen LogP contribution in [0.3, 0.4) is 0 Å². The van der Waals surface area contributed by atoms with Crippen molar-refractivity contribution >= 4 is 27.7 Å². The quantitative estimate of drug-likeness (QED) is 0.607. The summed E-state index contributed by atoms with van der Waals surface area (Å²) in [7, 11) is 0. The largest absolute Gasteiger partial charge is 0.493 e. The Kier molecular flexibility index (Phi) is 5.04. The maximum Gasteiger partial charge on any atom is 0.209 e. The number of nitrogens with zero attached hydrogens (tertiary/aromatic N) is 4. The highest BCUT2D eigenvalue weighted by molar-refractivity contribution is 9.10. The summed E-state index contributed by atoms with van der Waals surface area (Å²) in [5, 5.41) is 12.6. The van der Waals surface area contributed by atoms with Gasteiger partial charge in [-0.3, -0.25) is 0 Å². The second-order valence-electron chi connectivity index (χ2n) is 5.20. The molecule has 0 atom stereocenters. The monoisotopic (exact) mass is 356 g/mol. The highest BCUT2D eigenvalue weighted by Gasteiger charge is 2.19. The van der Waals surface area contributed by atoms with Crippen LogP contribution in [0.4, 0.5) is 0 Å². The zero-order valence-corrected chi connectivity index (χ0v) is 14.1. The minimum absolute atomic E-state index is 0.114. The molecule has 1 aromatic carbocycles. The average molecular weight is 357 g/mol. The third-order valence-electron chi connectivity index (χ3n) is 2.46. The Morgan fingerprint density at radius 1 is 1.35 bits per heavy atom. The van der Waals surface area contributed by atoms with Gasteiger partial charge in [-0.15, -0.1) is 5.10 Å². The molecule has 7 heteroatoms. The number of hydrogen-bond donors (Lipinski definition) is 0. The summed E-state index contributed by atoms with van der Waals surface area (Å²) in [5.74, 6) is 1.65. The van der Waals surface area contributed by atoms with Crippen molar-refractivity contribution < 1.29 is 4.74 Å². The first kappa shape index (κ1) is 15.3. The fourth-order valence-electron chi connectivity index (χ4n) is 1.54. The van der Waals surface area contributed by atoms with Gasteiger partial charge in [-0.25, -0.2) is 4.68 Å². The molecule has 2 rings (SSSR count). The van der Waals surface area contributed by atoms with E-state index in [9.17, 15) is 0 Å². The van der Waals surface area contributed by atoms with Gasteiger partial charge in [0.05, 0.1) is 12.1 Å². The fraction of sp³-hybridized carbons (Fsp3) is 0.462. The molecule has 0 aliphatic heterocycles. The maximum atomic E-state index is 5.68. The van der Waals surface area contributed by atoms with E-state index in [1.165, 1.54) is 0 Å². The van der Waals surface area contributed by atoms with Crippen molar-refractivity contribution in [1.29, 1.82) is 0 Å². The van der Waals surface area contributed by atoms with Gasteiger partial charge in [0.2, 0.25) is 5.16 Å². The van der Waals surface area contributed by atoms with Crippen LogP contribution in [-0.4, -0.2) is 32.6 Å². The molecule has 0 radical (unpaired) electrons. The maximum absolute atomic E-state index is 5.68. The molecule has 0 saturated carbocycles. The van der Waals surface area contributed by atoms with Gasteiger partial charge in [-0.1, -0.05) is 33.8 Å². The number of benzene rings is 1. The van der Waals surface area contributed by atoms with Gasteiger partial charge in [-0.05, 0) is 49.4 Å². The van der Waals surface area contributed by atoms with E-state index in [0.717, 1.165) is 21.1 Å². The third-order valence-corrected chi connectivity index (χ3v) is 3.83. The summed E-state index contributed by atoms with van der Waals surface area (Å²) in [6.07, 6.45) is 0. The topological polar surface area (TPSA) is 52.8 Å². The van der Waals surface area contributed by atoms with Crippen LogP contribution < -0.4 is 4.74 Å². The smallest absolute Gasteiger partial charge is 0.209 e. The summed E-state index contributed by atoms with van der Waals surface area (Å²) in [4.78, 5) is 0. The number of thioether (sulfide) groups is 1. The zero-order chi connectivity index (χ0) is 14.6. The molecule has 1 aromatic heterocycles. The first-order valence-corrected chi connectivity index (χ1v) is 8.05. The molecule has 0 aliphatic rings. The van der Waals surface area contributed by atoms with E-state index in [0.29, 0.717) is 6.61 Å². The Balaban J connectivity index is 1.84. The molecular formula is C13H17BrN4OS. The molecule has 5 nitrogen and oxygen atoms in total. The second kappa shape index (κ2) is 6.58. The molecule has 0 bridgehead atoms. The van der Waals surface area contributed by atoms with Gasteiger partial charge < -0.3 is 4.74 Å². The SMILES string of the molecule is CC(C)(C)n1nnnc1SCCOc1cccc(Br)c1. The van der Waals surface area contributed by atoms with Gasteiger partial charge in [0, 0.05) is 10.2 Å². The third kappa shape index (κ3) is 4.21. The fourth-order valence-corrected chi connectivity index (χ4v) is 2.79. The van der Waals surface area contributed by atoms with Gasteiger partial charge in [0.15, 0.2) is 0 Å². The van der Waals surface area contributed by atoms with Crippen LogP contribution in [-0.2, 0) is 5.54 Å². The van der Waals surface area contributed by atoms with Crippen LogP contribution in [0.25, 0.3) is 0 Å². The highest BCUT2D eigenvalue weighted by atomic mass is 79.9. The van der Waals surface area contributed by atoms with Crippen molar-refractivity contribution in [2.45, 2.75) is 31.5 Å². The molecule has 0 aliphatic carbocycles. The molecule has 0 saturated heterocycles. The molecule has 0 fully saturated rings. The molecule has 108 valence electrons. The van der Waals surface area contributed by atoms with E-state index >= 15 is 0 Å². The van der Waals surface area contributed by atoms with Crippen LogP contribution in [0.2, 0.25) is 0 Å². The number of tetrazole rings is 1. The molecule has 0 unspecified atom stereocenters. The summed E-state index contributed by atoms with van der Waals surface area (Å²) in [5.41, 5.74) is -0.114. The molecule has 1 heterocycles. The Bertz CT molecular complexity index is 567. The van der Waals surface area contributed by atoms with E-state index in [2.05, 4.69) is 52.2 Å². The molecule has 0 amide bonds. The van der Waals surface area contributed by atoms with E-state index in [-0.39, 0.29) is 5.54 Å². The van der Waals surface area contributed by atoms with Crippen LogP contribution in [0.5, 0.6) is 5.75 Å². The first-order chi connectivity index (χ1) is 9.47. The number of hydrogen-bond acceptors (Lipinski definition) is 5. The predicted octanol–water partition coefficient (Wildman–Crippen LogP) is 3.36. The molecule has 0 N–H and O–H groups in total. The lowest BCUT2D eigenvalue weighted by molar-refractivity contribution is 0.320. The number of rotatable bonds is 5. The summed E-state index contributed by atoms with van der Waals surface area (Å²) < 4.78 is 8.53. The van der Waals surface area contributed by atoms with Gasteiger partial charge in [-0.2, -0.15) is 0 Å².